The molecule has 0 N–H and O–H groups in total. The molecule has 1 aliphatic rings. The Morgan fingerprint density at radius 3 is 2.53 bits per heavy atom. The topological polar surface area (TPSA) is 55.7 Å². The number of hydrogen-bond donors (Lipinski definition) is 0. The lowest BCUT2D eigenvalue weighted by atomic mass is 9.99. The number of rotatable bonds is 5. The predicted molar refractivity (Wildman–Crippen MR) is 60.3 cm³/mol. The quantitative estimate of drug-likeness (QED) is 0.685. The molecule has 1 rings (SSSR count). The van der Waals surface area contributed by atoms with Crippen molar-refractivity contribution < 1.29 is 12.7 Å². The summed E-state index contributed by atoms with van der Waals surface area (Å²) in [7, 11) is -3.43. The normalized spacial score (nSPS) is 17.5. The molecule has 0 amide bonds. The van der Waals surface area contributed by atoms with Gasteiger partial charge in [0.1, 0.15) is 0 Å². The molecule has 0 aliphatic heterocycles. The standard InChI is InChI=1S/C10H19NO3S/c1-2-3-9-15(12,13)14-11-10-7-5-4-6-8-10/h2-9H2,1H3. The van der Waals surface area contributed by atoms with E-state index in [0.717, 1.165) is 37.8 Å². The minimum atomic E-state index is -3.43. The number of hydrogen-bond acceptors (Lipinski definition) is 4. The summed E-state index contributed by atoms with van der Waals surface area (Å²) in [6.45, 7) is 1.95. The third-order valence-corrected chi connectivity index (χ3v) is 3.55. The Morgan fingerprint density at radius 1 is 1.27 bits per heavy atom. The summed E-state index contributed by atoms with van der Waals surface area (Å²) in [5.74, 6) is 0.0697. The molecular weight excluding hydrogens is 214 g/mol. The van der Waals surface area contributed by atoms with Gasteiger partial charge in [-0.1, -0.05) is 24.9 Å². The van der Waals surface area contributed by atoms with Crippen LogP contribution >= 0.6 is 0 Å². The van der Waals surface area contributed by atoms with Gasteiger partial charge in [0.25, 0.3) is 0 Å². The molecule has 88 valence electrons. The summed E-state index contributed by atoms with van der Waals surface area (Å²) < 4.78 is 27.2. The second kappa shape index (κ2) is 6.10. The highest BCUT2D eigenvalue weighted by atomic mass is 32.2. The van der Waals surface area contributed by atoms with Crippen molar-refractivity contribution in [2.24, 2.45) is 5.16 Å². The molecule has 1 saturated carbocycles. The molecule has 0 atom stereocenters. The lowest BCUT2D eigenvalue weighted by molar-refractivity contribution is 0.334. The molecule has 1 fully saturated rings. The number of oxime groups is 1. The van der Waals surface area contributed by atoms with E-state index in [1.165, 1.54) is 6.42 Å². The maximum Gasteiger partial charge on any atom is 0.328 e. The Morgan fingerprint density at radius 2 is 1.93 bits per heavy atom. The minimum Gasteiger partial charge on any atom is -0.269 e. The molecule has 0 aromatic rings. The van der Waals surface area contributed by atoms with Gasteiger partial charge in [-0.05, 0) is 32.1 Å². The first kappa shape index (κ1) is 12.5. The number of nitrogens with zero attached hydrogens (tertiary/aromatic N) is 1. The summed E-state index contributed by atoms with van der Waals surface area (Å²) in [5.41, 5.74) is 0.890. The van der Waals surface area contributed by atoms with Gasteiger partial charge in [-0.25, -0.2) is 0 Å². The Labute approximate surface area is 91.8 Å². The van der Waals surface area contributed by atoms with E-state index in [2.05, 4.69) is 9.44 Å². The second-order valence-corrected chi connectivity index (χ2v) is 5.58. The second-order valence-electron chi connectivity index (χ2n) is 3.91. The van der Waals surface area contributed by atoms with Crippen LogP contribution < -0.4 is 0 Å². The van der Waals surface area contributed by atoms with Crippen LogP contribution in [0.4, 0.5) is 0 Å². The van der Waals surface area contributed by atoms with Crippen LogP contribution in [0.2, 0.25) is 0 Å². The smallest absolute Gasteiger partial charge is 0.269 e. The van der Waals surface area contributed by atoms with Crippen molar-refractivity contribution in [2.45, 2.75) is 51.9 Å². The van der Waals surface area contributed by atoms with Crippen molar-refractivity contribution in [3.05, 3.63) is 0 Å². The van der Waals surface area contributed by atoms with Crippen molar-refractivity contribution in [1.29, 1.82) is 0 Å². The van der Waals surface area contributed by atoms with Crippen LogP contribution in [0.15, 0.2) is 5.16 Å². The molecule has 0 unspecified atom stereocenters. The summed E-state index contributed by atoms with van der Waals surface area (Å²) in [6, 6.07) is 0. The van der Waals surface area contributed by atoms with Gasteiger partial charge >= 0.3 is 10.1 Å². The Bertz CT molecular complexity index is 301. The van der Waals surface area contributed by atoms with Crippen molar-refractivity contribution in [3.63, 3.8) is 0 Å². The molecule has 0 heterocycles. The van der Waals surface area contributed by atoms with Crippen LogP contribution in [-0.2, 0) is 14.4 Å². The van der Waals surface area contributed by atoms with Crippen molar-refractivity contribution >= 4 is 15.8 Å². The van der Waals surface area contributed by atoms with E-state index < -0.39 is 10.1 Å². The average molecular weight is 233 g/mol. The largest absolute Gasteiger partial charge is 0.328 e. The van der Waals surface area contributed by atoms with Crippen LogP contribution in [0.1, 0.15) is 51.9 Å². The highest BCUT2D eigenvalue weighted by Gasteiger charge is 2.12. The molecule has 1 aliphatic carbocycles. The highest BCUT2D eigenvalue weighted by Crippen LogP contribution is 2.15. The van der Waals surface area contributed by atoms with Gasteiger partial charge in [-0.15, -0.1) is 0 Å². The van der Waals surface area contributed by atoms with Crippen LogP contribution in [-0.4, -0.2) is 19.9 Å². The summed E-state index contributed by atoms with van der Waals surface area (Å²) in [4.78, 5) is 0. The zero-order valence-electron chi connectivity index (χ0n) is 9.24. The third kappa shape index (κ3) is 5.16. The first-order valence-corrected chi connectivity index (χ1v) is 7.19. The number of unbranched alkanes of at least 4 members (excludes halogenated alkanes) is 1. The van der Waals surface area contributed by atoms with Crippen molar-refractivity contribution in [3.8, 4) is 0 Å². The predicted octanol–water partition coefficient (Wildman–Crippen LogP) is 2.45. The molecule has 0 saturated heterocycles. The van der Waals surface area contributed by atoms with E-state index in [4.69, 9.17) is 0 Å². The van der Waals surface area contributed by atoms with E-state index >= 15 is 0 Å². The monoisotopic (exact) mass is 233 g/mol. The van der Waals surface area contributed by atoms with Crippen LogP contribution in [0.25, 0.3) is 0 Å². The highest BCUT2D eigenvalue weighted by molar-refractivity contribution is 7.86. The molecule has 0 aromatic heterocycles. The van der Waals surface area contributed by atoms with Gasteiger partial charge in [0.2, 0.25) is 0 Å². The van der Waals surface area contributed by atoms with Gasteiger partial charge in [-0.2, -0.15) is 8.42 Å². The fourth-order valence-corrected chi connectivity index (χ4v) is 2.45. The molecule has 4 nitrogen and oxygen atoms in total. The van der Waals surface area contributed by atoms with Gasteiger partial charge in [0.05, 0.1) is 11.5 Å². The first-order valence-electron chi connectivity index (χ1n) is 5.61. The van der Waals surface area contributed by atoms with Crippen LogP contribution in [0.5, 0.6) is 0 Å². The van der Waals surface area contributed by atoms with E-state index in [1.54, 1.807) is 0 Å². The lowest BCUT2D eigenvalue weighted by Crippen LogP contribution is -2.11. The SMILES string of the molecule is CCCCS(=O)(=O)ON=C1CCCCC1. The summed E-state index contributed by atoms with van der Waals surface area (Å²) in [6.07, 6.45) is 6.63. The average Bonchev–Trinajstić information content (AvgIpc) is 2.25. The van der Waals surface area contributed by atoms with E-state index in [1.807, 2.05) is 6.92 Å². The zero-order valence-corrected chi connectivity index (χ0v) is 10.1. The van der Waals surface area contributed by atoms with Crippen LogP contribution in [0, 0.1) is 0 Å². The van der Waals surface area contributed by atoms with Gasteiger partial charge in [0, 0.05) is 0 Å². The molecule has 0 aromatic carbocycles. The van der Waals surface area contributed by atoms with Gasteiger partial charge in [-0.3, -0.25) is 4.28 Å². The molecular formula is C10H19NO3S. The third-order valence-electron chi connectivity index (χ3n) is 2.46. The van der Waals surface area contributed by atoms with Gasteiger partial charge < -0.3 is 0 Å². The molecule has 0 radical (unpaired) electrons. The van der Waals surface area contributed by atoms with E-state index in [0.29, 0.717) is 6.42 Å². The Balaban J connectivity index is 2.39. The maximum atomic E-state index is 11.3. The Kier molecular flexibility index (Phi) is 5.08. The maximum absolute atomic E-state index is 11.3. The molecule has 5 heteroatoms. The van der Waals surface area contributed by atoms with Crippen molar-refractivity contribution in [1.82, 2.24) is 0 Å². The minimum absolute atomic E-state index is 0.0697. The lowest BCUT2D eigenvalue weighted by Gasteiger charge is -2.11. The summed E-state index contributed by atoms with van der Waals surface area (Å²) >= 11 is 0. The molecule has 0 spiro atoms. The van der Waals surface area contributed by atoms with E-state index in [-0.39, 0.29) is 5.75 Å². The van der Waals surface area contributed by atoms with Gasteiger partial charge in [0.15, 0.2) is 0 Å². The summed E-state index contributed by atoms with van der Waals surface area (Å²) in [5, 5.41) is 3.74. The van der Waals surface area contributed by atoms with Crippen LogP contribution in [0.3, 0.4) is 0 Å². The Hall–Kier alpha value is -0.580. The first-order chi connectivity index (χ1) is 7.14. The fourth-order valence-electron chi connectivity index (χ4n) is 1.52. The van der Waals surface area contributed by atoms with Crippen molar-refractivity contribution in [2.75, 3.05) is 5.75 Å². The fraction of sp³-hybridized carbons (Fsp3) is 0.900. The zero-order chi connectivity index (χ0) is 11.1. The molecule has 15 heavy (non-hydrogen) atoms. The van der Waals surface area contributed by atoms with E-state index in [9.17, 15) is 8.42 Å². The molecule has 0 bridgehead atoms.